The summed E-state index contributed by atoms with van der Waals surface area (Å²) >= 11 is 0. The van der Waals surface area contributed by atoms with Crippen LogP contribution in [-0.4, -0.2) is 11.1 Å². The van der Waals surface area contributed by atoms with Crippen molar-refractivity contribution in [3.8, 4) is 0 Å². The standard InChI is InChI=1S/C10H10F3O2P/c1-7(6-10(11,12)13)8-4-2-3-5-9(8)16(14)15/h2-5,7H,6H2,1H3/p+1. The zero-order valence-electron chi connectivity index (χ0n) is 8.53. The molecule has 0 radical (unpaired) electrons. The molecule has 1 rings (SSSR count). The van der Waals surface area contributed by atoms with Gasteiger partial charge in [-0.3, -0.25) is 0 Å². The van der Waals surface area contributed by atoms with Gasteiger partial charge in [0, 0.05) is 5.56 Å². The first kappa shape index (κ1) is 13.1. The van der Waals surface area contributed by atoms with E-state index in [1.54, 1.807) is 6.07 Å². The minimum atomic E-state index is -4.27. The molecule has 2 unspecified atom stereocenters. The molecule has 1 aromatic carbocycles. The van der Waals surface area contributed by atoms with Gasteiger partial charge in [0.05, 0.1) is 6.42 Å². The molecule has 0 fully saturated rings. The molecule has 1 aromatic rings. The molecule has 0 saturated carbocycles. The van der Waals surface area contributed by atoms with Crippen LogP contribution in [0.4, 0.5) is 13.2 Å². The first-order valence-electron chi connectivity index (χ1n) is 4.63. The van der Waals surface area contributed by atoms with Gasteiger partial charge in [-0.15, -0.1) is 0 Å². The van der Waals surface area contributed by atoms with Crippen molar-refractivity contribution >= 4 is 13.3 Å². The number of halogens is 3. The lowest BCUT2D eigenvalue weighted by atomic mass is 9.97. The van der Waals surface area contributed by atoms with Crippen molar-refractivity contribution in [2.75, 3.05) is 0 Å². The Morgan fingerprint density at radius 1 is 1.38 bits per heavy atom. The largest absolute Gasteiger partial charge is 0.546 e. The van der Waals surface area contributed by atoms with Crippen molar-refractivity contribution in [2.24, 2.45) is 0 Å². The third-order valence-electron chi connectivity index (χ3n) is 2.21. The maximum atomic E-state index is 12.2. The van der Waals surface area contributed by atoms with Crippen molar-refractivity contribution < 1.29 is 22.6 Å². The Morgan fingerprint density at radius 2 is 1.94 bits per heavy atom. The van der Waals surface area contributed by atoms with Gasteiger partial charge in [-0.25, -0.2) is 0 Å². The van der Waals surface area contributed by atoms with Crippen LogP contribution in [0.5, 0.6) is 0 Å². The Hall–Kier alpha value is -0.930. The Kier molecular flexibility index (Phi) is 4.05. The van der Waals surface area contributed by atoms with Crippen LogP contribution in [0.15, 0.2) is 24.3 Å². The molecule has 16 heavy (non-hydrogen) atoms. The van der Waals surface area contributed by atoms with E-state index >= 15 is 0 Å². The molecule has 1 N–H and O–H groups in total. The highest BCUT2D eigenvalue weighted by Crippen LogP contribution is 2.32. The first-order chi connectivity index (χ1) is 7.31. The smallest absolute Gasteiger partial charge is 0.171 e. The van der Waals surface area contributed by atoms with Gasteiger partial charge in [0.1, 0.15) is 0 Å². The molecule has 0 aliphatic rings. The molecule has 0 spiro atoms. The summed E-state index contributed by atoms with van der Waals surface area (Å²) in [7, 11) is -2.61. The summed E-state index contributed by atoms with van der Waals surface area (Å²) in [5.74, 6) is -0.817. The monoisotopic (exact) mass is 251 g/mol. The predicted octanol–water partition coefficient (Wildman–Crippen LogP) is 3.10. The molecule has 0 amide bonds. The maximum absolute atomic E-state index is 12.2. The molecule has 0 saturated heterocycles. The fourth-order valence-corrected chi connectivity index (χ4v) is 2.26. The molecular weight excluding hydrogens is 240 g/mol. The third-order valence-corrected chi connectivity index (χ3v) is 3.03. The number of alkyl halides is 3. The second-order valence-corrected chi connectivity index (χ2v) is 4.58. The Labute approximate surface area is 92.0 Å². The second-order valence-electron chi connectivity index (χ2n) is 3.55. The van der Waals surface area contributed by atoms with Crippen LogP contribution in [0.2, 0.25) is 0 Å². The second kappa shape index (κ2) is 4.93. The molecule has 6 heteroatoms. The van der Waals surface area contributed by atoms with E-state index in [0.29, 0.717) is 0 Å². The minimum absolute atomic E-state index is 0.0780. The Bertz CT molecular complexity index is 390. The predicted molar refractivity (Wildman–Crippen MR) is 55.0 cm³/mol. The third kappa shape index (κ3) is 3.58. The molecule has 0 heterocycles. The molecule has 2 atom stereocenters. The van der Waals surface area contributed by atoms with Crippen LogP contribution in [0.3, 0.4) is 0 Å². The average Bonchev–Trinajstić information content (AvgIpc) is 2.15. The van der Waals surface area contributed by atoms with Crippen LogP contribution < -0.4 is 5.30 Å². The molecule has 0 aliphatic heterocycles. The van der Waals surface area contributed by atoms with Crippen molar-refractivity contribution in [1.82, 2.24) is 0 Å². The number of benzene rings is 1. The molecule has 0 aliphatic carbocycles. The van der Waals surface area contributed by atoms with Gasteiger partial charge in [0.25, 0.3) is 0 Å². The van der Waals surface area contributed by atoms with Gasteiger partial charge in [-0.2, -0.15) is 18.1 Å². The summed E-state index contributed by atoms with van der Waals surface area (Å²) in [6, 6.07) is 5.92. The van der Waals surface area contributed by atoms with E-state index in [-0.39, 0.29) is 10.9 Å². The highest BCUT2D eigenvalue weighted by Gasteiger charge is 2.33. The quantitative estimate of drug-likeness (QED) is 0.838. The van der Waals surface area contributed by atoms with Gasteiger partial charge in [0.2, 0.25) is 5.30 Å². The minimum Gasteiger partial charge on any atom is -0.171 e. The fourth-order valence-electron chi connectivity index (χ4n) is 1.54. The van der Waals surface area contributed by atoms with Crippen molar-refractivity contribution in [3.63, 3.8) is 0 Å². The summed E-state index contributed by atoms with van der Waals surface area (Å²) in [4.78, 5) is 8.98. The van der Waals surface area contributed by atoms with E-state index in [2.05, 4.69) is 0 Å². The van der Waals surface area contributed by atoms with Gasteiger partial charge < -0.3 is 0 Å². The lowest BCUT2D eigenvalue weighted by Crippen LogP contribution is -2.16. The van der Waals surface area contributed by atoms with E-state index in [1.807, 2.05) is 0 Å². The lowest BCUT2D eigenvalue weighted by Gasteiger charge is -2.13. The van der Waals surface area contributed by atoms with E-state index in [1.165, 1.54) is 25.1 Å². The van der Waals surface area contributed by atoms with Crippen LogP contribution >= 0.6 is 8.03 Å². The molecule has 0 aromatic heterocycles. The molecule has 2 nitrogen and oxygen atoms in total. The van der Waals surface area contributed by atoms with Crippen molar-refractivity contribution in [1.29, 1.82) is 0 Å². The van der Waals surface area contributed by atoms with E-state index < -0.39 is 26.5 Å². The van der Waals surface area contributed by atoms with E-state index in [9.17, 15) is 17.7 Å². The van der Waals surface area contributed by atoms with Gasteiger partial charge in [-0.05, 0) is 16.5 Å². The summed E-state index contributed by atoms with van der Waals surface area (Å²) < 4.78 is 47.5. The summed E-state index contributed by atoms with van der Waals surface area (Å²) in [5.41, 5.74) is 0.281. The average molecular weight is 251 g/mol. The number of rotatable bonds is 3. The van der Waals surface area contributed by atoms with E-state index in [4.69, 9.17) is 4.89 Å². The maximum Gasteiger partial charge on any atom is 0.546 e. The van der Waals surface area contributed by atoms with Crippen molar-refractivity contribution in [2.45, 2.75) is 25.4 Å². The molecule has 0 bridgehead atoms. The summed E-state index contributed by atoms with van der Waals surface area (Å²) in [6.45, 7) is 1.39. The van der Waals surface area contributed by atoms with Gasteiger partial charge in [-0.1, -0.05) is 25.1 Å². The molecular formula is C10H11F3O2P+. The first-order valence-corrected chi connectivity index (χ1v) is 5.84. The van der Waals surface area contributed by atoms with Crippen LogP contribution in [-0.2, 0) is 4.57 Å². The summed E-state index contributed by atoms with van der Waals surface area (Å²) in [6.07, 6.45) is -5.26. The zero-order chi connectivity index (χ0) is 12.3. The zero-order valence-corrected chi connectivity index (χ0v) is 9.42. The topological polar surface area (TPSA) is 37.3 Å². The number of hydrogen-bond donors (Lipinski definition) is 1. The summed E-state index contributed by atoms with van der Waals surface area (Å²) in [5, 5.41) is 0.0780. The Morgan fingerprint density at radius 3 is 2.44 bits per heavy atom. The van der Waals surface area contributed by atoms with Crippen LogP contribution in [0, 0.1) is 0 Å². The van der Waals surface area contributed by atoms with Crippen molar-refractivity contribution in [3.05, 3.63) is 29.8 Å². The SMILES string of the molecule is CC(CC(F)(F)F)c1ccccc1[P+](=O)O. The van der Waals surface area contributed by atoms with Crippen LogP contribution in [0.25, 0.3) is 0 Å². The number of hydrogen-bond acceptors (Lipinski definition) is 1. The van der Waals surface area contributed by atoms with E-state index in [0.717, 1.165) is 0 Å². The highest BCUT2D eigenvalue weighted by molar-refractivity contribution is 7.47. The van der Waals surface area contributed by atoms with Gasteiger partial charge in [0.15, 0.2) is 0 Å². The highest BCUT2D eigenvalue weighted by atomic mass is 31.1. The normalized spacial score (nSPS) is 14.7. The lowest BCUT2D eigenvalue weighted by molar-refractivity contribution is -0.137. The Balaban J connectivity index is 2.99. The molecule has 88 valence electrons. The van der Waals surface area contributed by atoms with Crippen LogP contribution in [0.1, 0.15) is 24.8 Å². The van der Waals surface area contributed by atoms with Gasteiger partial charge >= 0.3 is 14.2 Å². The fraction of sp³-hybridized carbons (Fsp3) is 0.400.